The first-order valence-corrected chi connectivity index (χ1v) is 37.1. The highest BCUT2D eigenvalue weighted by molar-refractivity contribution is 5.77. The highest BCUT2D eigenvalue weighted by Crippen LogP contribution is 2.39. The molecule has 3 heterocycles. The quantitative estimate of drug-likeness (QED) is 0.0203. The summed E-state index contributed by atoms with van der Waals surface area (Å²) < 4.78 is 34.8. The second-order valence-corrected chi connectivity index (χ2v) is 27.2. The smallest absolute Gasteiger partial charge is 0.364 e. The molecule has 3 rings (SSSR count). The summed E-state index contributed by atoms with van der Waals surface area (Å²) in [5.41, 5.74) is 0. The number of aliphatic carboxylic acids is 1. The fourth-order valence-electron chi connectivity index (χ4n) is 13.1. The summed E-state index contributed by atoms with van der Waals surface area (Å²) in [6, 6.07) is -2.61. The lowest BCUT2D eigenvalue weighted by atomic mass is 9.88. The fourth-order valence-corrected chi connectivity index (χ4v) is 13.1. The van der Waals surface area contributed by atoms with E-state index in [0.717, 1.165) is 51.9 Å². The number of carboxylic acids is 1. The van der Waals surface area contributed by atoms with Crippen molar-refractivity contribution in [3.63, 3.8) is 0 Å². The molecule has 18 atom stereocenters. The Morgan fingerprint density at radius 1 is 0.553 bits per heavy atom. The molecule has 0 bridgehead atoms. The minimum Gasteiger partial charge on any atom is -0.477 e. The Hall–Kier alpha value is -2.53. The normalized spacial score (nSPS) is 27.9. The van der Waals surface area contributed by atoms with E-state index in [2.05, 4.69) is 24.5 Å². The Morgan fingerprint density at radius 2 is 0.989 bits per heavy atom. The summed E-state index contributed by atoms with van der Waals surface area (Å²) in [6.07, 6.45) is 22.6. The number of aliphatic hydroxyl groups excluding tert-OH is 11. The number of nitrogens with one attached hydrogen (secondary N) is 2. The average molecular weight is 1350 g/mol. The Kier molecular flexibility index (Phi) is 47.0. The molecule has 3 saturated heterocycles. The maximum absolute atomic E-state index is 13.5. The molecule has 14 N–H and O–H groups in total. The number of amides is 2. The zero-order chi connectivity index (χ0) is 68.9. The Labute approximate surface area is 562 Å². The van der Waals surface area contributed by atoms with Crippen molar-refractivity contribution < 1.29 is 104 Å². The van der Waals surface area contributed by atoms with Gasteiger partial charge in [0.15, 0.2) is 12.6 Å². The molecule has 3 aliphatic heterocycles. The van der Waals surface area contributed by atoms with Gasteiger partial charge in [0.25, 0.3) is 5.79 Å². The zero-order valence-corrected chi connectivity index (χ0v) is 57.8. The van der Waals surface area contributed by atoms with Crippen LogP contribution >= 0.6 is 0 Å². The van der Waals surface area contributed by atoms with E-state index < -0.39 is 155 Å². The minimum atomic E-state index is -3.08. The van der Waals surface area contributed by atoms with E-state index in [9.17, 15) is 75.7 Å². The molecular weight excluding hydrogens is 1220 g/mol. The molecule has 0 aliphatic carbocycles. The minimum absolute atomic E-state index is 0.205. The summed E-state index contributed by atoms with van der Waals surface area (Å²) >= 11 is 0. The van der Waals surface area contributed by atoms with E-state index in [0.29, 0.717) is 12.8 Å². The van der Waals surface area contributed by atoms with Crippen LogP contribution in [-0.4, -0.2) is 215 Å². The third kappa shape index (κ3) is 33.1. The lowest BCUT2D eigenvalue weighted by molar-refractivity contribution is -0.386. The van der Waals surface area contributed by atoms with E-state index in [1.54, 1.807) is 6.08 Å². The lowest BCUT2D eigenvalue weighted by Crippen LogP contribution is -2.70. The predicted molar refractivity (Wildman–Crippen MR) is 357 cm³/mol. The summed E-state index contributed by atoms with van der Waals surface area (Å²) in [4.78, 5) is 38.6. The van der Waals surface area contributed by atoms with Crippen molar-refractivity contribution in [2.45, 2.75) is 394 Å². The van der Waals surface area contributed by atoms with Crippen molar-refractivity contribution in [3.05, 3.63) is 12.2 Å². The second kappa shape index (κ2) is 51.6. The van der Waals surface area contributed by atoms with Crippen LogP contribution in [0.25, 0.3) is 0 Å². The van der Waals surface area contributed by atoms with Crippen LogP contribution in [0, 0.1) is 0 Å². The van der Waals surface area contributed by atoms with Gasteiger partial charge >= 0.3 is 5.97 Å². The van der Waals surface area contributed by atoms with E-state index in [1.807, 2.05) is 6.08 Å². The number of carbonyl (C=O) groups is 3. The van der Waals surface area contributed by atoms with Crippen molar-refractivity contribution in [1.82, 2.24) is 10.6 Å². The SMILES string of the molecule is CCCCCCCCCCCCCCC/C=C/C(O)C(COC1OC(CO)C(OC2OC(CO)C(O)C(OC3(C(=O)O)CC(O)C(NC(C)=O)C(C(O)C(O)CO)O3)C2O)C(O)C1O)NC(=O)CCCCCCCCCCCCCCCCCCCCCCCCCCC. The van der Waals surface area contributed by atoms with Gasteiger partial charge in [0, 0.05) is 19.8 Å². The van der Waals surface area contributed by atoms with Crippen LogP contribution in [0.15, 0.2) is 12.2 Å². The molecular formula is C71H132N2O21. The summed E-state index contributed by atoms with van der Waals surface area (Å²) in [5, 5.41) is 136. The molecule has 18 unspecified atom stereocenters. The topological polar surface area (TPSA) is 373 Å². The molecule has 0 radical (unpaired) electrons. The Balaban J connectivity index is 1.54. The maximum atomic E-state index is 13.5. The van der Waals surface area contributed by atoms with E-state index in [4.69, 9.17) is 28.4 Å². The highest BCUT2D eigenvalue weighted by Gasteiger charge is 2.60. The maximum Gasteiger partial charge on any atom is 0.364 e. The third-order valence-corrected chi connectivity index (χ3v) is 19.0. The number of ether oxygens (including phenoxy) is 6. The predicted octanol–water partition coefficient (Wildman–Crippen LogP) is 7.85. The monoisotopic (exact) mass is 1350 g/mol. The lowest BCUT2D eigenvalue weighted by Gasteiger charge is -2.50. The van der Waals surface area contributed by atoms with Gasteiger partial charge in [0.1, 0.15) is 67.1 Å². The van der Waals surface area contributed by atoms with E-state index >= 15 is 0 Å². The molecule has 2 amide bonds. The summed E-state index contributed by atoms with van der Waals surface area (Å²) in [7, 11) is 0. The number of carbonyl (C=O) groups excluding carboxylic acids is 2. The molecule has 0 aromatic heterocycles. The van der Waals surface area contributed by atoms with E-state index in [-0.39, 0.29) is 12.3 Å². The van der Waals surface area contributed by atoms with Gasteiger partial charge in [-0.15, -0.1) is 0 Å². The number of hydrogen-bond acceptors (Lipinski definition) is 20. The van der Waals surface area contributed by atoms with Crippen molar-refractivity contribution in [2.75, 3.05) is 26.4 Å². The molecule has 23 nitrogen and oxygen atoms in total. The van der Waals surface area contributed by atoms with Crippen LogP contribution in [0.5, 0.6) is 0 Å². The molecule has 552 valence electrons. The Morgan fingerprint density at radius 3 is 1.41 bits per heavy atom. The van der Waals surface area contributed by atoms with Crippen molar-refractivity contribution in [1.29, 1.82) is 0 Å². The molecule has 94 heavy (non-hydrogen) atoms. The molecule has 3 fully saturated rings. The molecule has 0 spiro atoms. The van der Waals surface area contributed by atoms with Crippen LogP contribution in [0.2, 0.25) is 0 Å². The average Bonchev–Trinajstić information content (AvgIpc) is 0.763. The number of allylic oxidation sites excluding steroid dienone is 1. The first kappa shape index (κ1) is 85.7. The van der Waals surface area contributed by atoms with Crippen LogP contribution < -0.4 is 10.6 Å². The Bertz CT molecular complexity index is 1940. The zero-order valence-electron chi connectivity index (χ0n) is 57.8. The van der Waals surface area contributed by atoms with E-state index in [1.165, 1.54) is 193 Å². The van der Waals surface area contributed by atoms with Gasteiger partial charge in [0.05, 0.1) is 50.7 Å². The van der Waals surface area contributed by atoms with Gasteiger partial charge in [-0.3, -0.25) is 9.59 Å². The third-order valence-electron chi connectivity index (χ3n) is 19.0. The molecule has 0 aromatic rings. The van der Waals surface area contributed by atoms with Crippen LogP contribution in [-0.2, 0) is 42.8 Å². The van der Waals surface area contributed by atoms with Crippen LogP contribution in [0.3, 0.4) is 0 Å². The summed E-state index contributed by atoms with van der Waals surface area (Å²) in [6.45, 7) is 2.16. The molecule has 0 aromatic carbocycles. The largest absolute Gasteiger partial charge is 0.477 e. The molecule has 3 aliphatic rings. The first-order chi connectivity index (χ1) is 45.4. The van der Waals surface area contributed by atoms with Gasteiger partial charge < -0.3 is 100 Å². The fraction of sp³-hybridized carbons (Fsp3) is 0.930. The van der Waals surface area contributed by atoms with Gasteiger partial charge in [0.2, 0.25) is 11.8 Å². The van der Waals surface area contributed by atoms with Crippen LogP contribution in [0.4, 0.5) is 0 Å². The van der Waals surface area contributed by atoms with Crippen LogP contribution in [0.1, 0.15) is 284 Å². The number of aliphatic hydroxyl groups is 11. The standard InChI is InChI=1S/C71H132N2O21/c1-4-6-8-10-12-14-16-18-20-21-22-23-24-25-26-27-28-29-31-33-35-37-39-41-43-45-58(81)73-52(53(78)44-42-40-38-36-34-32-30-19-17-15-13-11-9-7-5-2)50-89-68-63(85)62(84)65(57(49-76)91-68)92-69-64(86)67(61(83)56(48-75)90-69)94-71(70(87)88)46-54(79)59(72-51(3)77)66(93-71)60(82)55(80)47-74/h42,44,52-57,59-69,74-76,78-80,82-86H,4-41,43,45-50H2,1-3H3,(H,72,77)(H,73,81)(H,87,88)/b44-42+. The van der Waals surface area contributed by atoms with Crippen molar-refractivity contribution >= 4 is 17.8 Å². The number of carboxylic acid groups (broad SMARTS) is 1. The van der Waals surface area contributed by atoms with Gasteiger partial charge in [-0.05, 0) is 19.3 Å². The van der Waals surface area contributed by atoms with Crippen molar-refractivity contribution in [2.24, 2.45) is 0 Å². The summed E-state index contributed by atoms with van der Waals surface area (Å²) in [5.74, 6) is -6.13. The van der Waals surface area contributed by atoms with Gasteiger partial charge in [-0.2, -0.15) is 0 Å². The first-order valence-electron chi connectivity index (χ1n) is 37.1. The number of unbranched alkanes of at least 4 members (excludes halogenated alkanes) is 37. The highest BCUT2D eigenvalue weighted by atomic mass is 16.8. The van der Waals surface area contributed by atoms with Gasteiger partial charge in [-0.25, -0.2) is 4.79 Å². The van der Waals surface area contributed by atoms with Gasteiger partial charge in [-0.1, -0.05) is 257 Å². The molecule has 0 saturated carbocycles. The van der Waals surface area contributed by atoms with Crippen molar-refractivity contribution in [3.8, 4) is 0 Å². The number of rotatable bonds is 57. The molecule has 23 heteroatoms. The number of hydrogen-bond donors (Lipinski definition) is 14. The second-order valence-electron chi connectivity index (χ2n) is 27.2.